The Morgan fingerprint density at radius 3 is 2.39 bits per heavy atom. The number of ether oxygens (including phenoxy) is 2. The minimum atomic E-state index is -3.91. The van der Waals surface area contributed by atoms with Crippen molar-refractivity contribution in [2.45, 2.75) is 30.5 Å². The maximum Gasteiger partial charge on any atom is 0.250 e. The molecule has 1 atom stereocenters. The van der Waals surface area contributed by atoms with Crippen molar-refractivity contribution in [2.75, 3.05) is 18.5 Å². The van der Waals surface area contributed by atoms with Crippen LogP contribution in [-0.4, -0.2) is 33.6 Å². The summed E-state index contributed by atoms with van der Waals surface area (Å²) in [6.45, 7) is 4.58. The van der Waals surface area contributed by atoms with Crippen LogP contribution in [-0.2, 0) is 21.2 Å². The van der Waals surface area contributed by atoms with E-state index in [0.29, 0.717) is 34.2 Å². The molecule has 1 aromatic heterocycles. The van der Waals surface area contributed by atoms with E-state index in [9.17, 15) is 13.2 Å². The van der Waals surface area contributed by atoms with Gasteiger partial charge in [0.1, 0.15) is 21.8 Å². The van der Waals surface area contributed by atoms with Gasteiger partial charge in [0.05, 0.1) is 22.7 Å². The van der Waals surface area contributed by atoms with Crippen molar-refractivity contribution in [1.29, 1.82) is 0 Å². The van der Waals surface area contributed by atoms with Crippen LogP contribution in [0, 0.1) is 0 Å². The number of hydrogen-bond donors (Lipinski definition) is 2. The van der Waals surface area contributed by atoms with Crippen LogP contribution >= 0.6 is 27.3 Å². The highest BCUT2D eigenvalue weighted by Gasteiger charge is 2.28. The maximum absolute atomic E-state index is 13.3. The van der Waals surface area contributed by atoms with E-state index >= 15 is 0 Å². The van der Waals surface area contributed by atoms with E-state index in [2.05, 4.69) is 26.0 Å². The fourth-order valence-corrected chi connectivity index (χ4v) is 6.31. The number of thiophene rings is 1. The van der Waals surface area contributed by atoms with E-state index in [-0.39, 0.29) is 10.6 Å². The van der Waals surface area contributed by atoms with Crippen LogP contribution in [0.3, 0.4) is 0 Å². The lowest BCUT2D eigenvalue weighted by molar-refractivity contribution is -0.117. The standard InChI is InChI=1S/C23H25BrN2O5S2/c1-3-30-17-10-11-20(31-4-2)18(15-17)25-23(27)19(14-16-8-6-5-7-9-16)26-33(28,29)22-13-12-21(24)32-22/h5-13,15,19,26H,3-4,14H2,1-2H3,(H,25,27)/t19-/m0/s1. The average molecular weight is 554 g/mol. The van der Waals surface area contributed by atoms with Crippen LogP contribution in [0.5, 0.6) is 11.5 Å². The number of nitrogens with one attached hydrogen (secondary N) is 2. The first-order valence-electron chi connectivity index (χ1n) is 10.3. The van der Waals surface area contributed by atoms with E-state index in [1.54, 1.807) is 24.3 Å². The summed E-state index contributed by atoms with van der Waals surface area (Å²) >= 11 is 4.35. The predicted octanol–water partition coefficient (Wildman–Crippen LogP) is 4.84. The Kier molecular flexibility index (Phi) is 8.90. The molecule has 0 saturated carbocycles. The lowest BCUT2D eigenvalue weighted by Gasteiger charge is -2.20. The highest BCUT2D eigenvalue weighted by molar-refractivity contribution is 9.11. The zero-order valence-electron chi connectivity index (χ0n) is 18.2. The van der Waals surface area contributed by atoms with Gasteiger partial charge < -0.3 is 14.8 Å². The van der Waals surface area contributed by atoms with Crippen molar-refractivity contribution in [2.24, 2.45) is 0 Å². The summed E-state index contributed by atoms with van der Waals surface area (Å²) in [5.41, 5.74) is 1.23. The monoisotopic (exact) mass is 552 g/mol. The molecule has 0 aliphatic rings. The maximum atomic E-state index is 13.3. The summed E-state index contributed by atoms with van der Waals surface area (Å²) in [5, 5.41) is 2.82. The van der Waals surface area contributed by atoms with Crippen molar-refractivity contribution < 1.29 is 22.7 Å². The van der Waals surface area contributed by atoms with Gasteiger partial charge in [0.25, 0.3) is 10.0 Å². The average Bonchev–Trinajstić information content (AvgIpc) is 3.23. The van der Waals surface area contributed by atoms with Crippen molar-refractivity contribution in [3.63, 3.8) is 0 Å². The first kappa shape index (κ1) is 25.2. The molecule has 0 spiro atoms. The summed E-state index contributed by atoms with van der Waals surface area (Å²) < 4.78 is 40.5. The predicted molar refractivity (Wildman–Crippen MR) is 134 cm³/mol. The fourth-order valence-electron chi connectivity index (χ4n) is 3.09. The van der Waals surface area contributed by atoms with Crippen LogP contribution in [0.4, 0.5) is 5.69 Å². The number of halogens is 1. The Hall–Kier alpha value is -2.40. The SMILES string of the molecule is CCOc1ccc(OCC)c(NC(=O)[C@H](Cc2ccccc2)NS(=O)(=O)c2ccc(Br)s2)c1. The molecule has 1 heterocycles. The third kappa shape index (κ3) is 7.04. The fraction of sp³-hybridized carbons (Fsp3) is 0.261. The second kappa shape index (κ2) is 11.6. The largest absolute Gasteiger partial charge is 0.494 e. The van der Waals surface area contributed by atoms with Gasteiger partial charge >= 0.3 is 0 Å². The second-order valence-corrected chi connectivity index (χ2v) is 11.3. The molecule has 2 N–H and O–H groups in total. The van der Waals surface area contributed by atoms with Gasteiger partial charge in [0.2, 0.25) is 5.91 Å². The van der Waals surface area contributed by atoms with Gasteiger partial charge in [-0.3, -0.25) is 4.79 Å². The Balaban J connectivity index is 1.90. The van der Waals surface area contributed by atoms with Crippen LogP contribution < -0.4 is 19.5 Å². The second-order valence-electron chi connectivity index (χ2n) is 6.94. The van der Waals surface area contributed by atoms with Crippen LogP contribution in [0.2, 0.25) is 0 Å². The molecule has 0 aliphatic carbocycles. The molecule has 10 heteroatoms. The van der Waals surface area contributed by atoms with Crippen molar-refractivity contribution >= 4 is 48.9 Å². The van der Waals surface area contributed by atoms with Crippen molar-refractivity contribution in [3.8, 4) is 11.5 Å². The van der Waals surface area contributed by atoms with Gasteiger partial charge in [-0.05, 0) is 66.0 Å². The van der Waals surface area contributed by atoms with E-state index < -0.39 is 22.0 Å². The third-order valence-electron chi connectivity index (χ3n) is 4.53. The Morgan fingerprint density at radius 1 is 1.03 bits per heavy atom. The highest BCUT2D eigenvalue weighted by Crippen LogP contribution is 2.30. The van der Waals surface area contributed by atoms with E-state index in [1.165, 1.54) is 6.07 Å². The molecule has 0 unspecified atom stereocenters. The quantitative estimate of drug-likeness (QED) is 0.355. The molecular weight excluding hydrogens is 528 g/mol. The Labute approximate surface area is 206 Å². The molecule has 0 radical (unpaired) electrons. The topological polar surface area (TPSA) is 93.7 Å². The van der Waals surface area contributed by atoms with Gasteiger partial charge in [0, 0.05) is 6.07 Å². The third-order valence-corrected chi connectivity index (χ3v) is 8.12. The summed E-state index contributed by atoms with van der Waals surface area (Å²) in [6.07, 6.45) is 0.174. The molecule has 0 fully saturated rings. The zero-order valence-corrected chi connectivity index (χ0v) is 21.4. The number of carbonyl (C=O) groups is 1. The van der Waals surface area contributed by atoms with Gasteiger partial charge in [-0.1, -0.05) is 30.3 Å². The number of amides is 1. The molecule has 0 saturated heterocycles. The number of sulfonamides is 1. The molecular formula is C23H25BrN2O5S2. The first-order chi connectivity index (χ1) is 15.8. The Bertz CT molecular complexity index is 1180. The lowest BCUT2D eigenvalue weighted by Crippen LogP contribution is -2.45. The van der Waals surface area contributed by atoms with Crippen LogP contribution in [0.25, 0.3) is 0 Å². The summed E-state index contributed by atoms with van der Waals surface area (Å²) in [7, 11) is -3.91. The van der Waals surface area contributed by atoms with Gasteiger partial charge in [-0.2, -0.15) is 4.72 Å². The van der Waals surface area contributed by atoms with Gasteiger partial charge in [-0.15, -0.1) is 11.3 Å². The smallest absolute Gasteiger partial charge is 0.250 e. The van der Waals surface area contributed by atoms with Crippen LogP contribution in [0.1, 0.15) is 19.4 Å². The minimum absolute atomic E-state index is 0.119. The number of rotatable bonds is 11. The molecule has 0 bridgehead atoms. The van der Waals surface area contributed by atoms with Crippen LogP contribution in [0.15, 0.2) is 68.7 Å². The first-order valence-corrected chi connectivity index (χ1v) is 13.4. The normalized spacial score (nSPS) is 12.2. The minimum Gasteiger partial charge on any atom is -0.494 e. The molecule has 1 amide bonds. The summed E-state index contributed by atoms with van der Waals surface area (Å²) in [6, 6.07) is 16.5. The molecule has 3 aromatic rings. The van der Waals surface area contributed by atoms with Crippen molar-refractivity contribution in [1.82, 2.24) is 4.72 Å². The van der Waals surface area contributed by atoms with Gasteiger partial charge in [-0.25, -0.2) is 8.42 Å². The van der Waals surface area contributed by atoms with Crippen molar-refractivity contribution in [3.05, 3.63) is 70.0 Å². The molecule has 2 aromatic carbocycles. The molecule has 0 aliphatic heterocycles. The zero-order chi connectivity index (χ0) is 23.8. The van der Waals surface area contributed by atoms with Gasteiger partial charge in [0.15, 0.2) is 0 Å². The number of anilines is 1. The molecule has 176 valence electrons. The molecule has 7 nitrogen and oxygen atoms in total. The van der Waals surface area contributed by atoms with E-state index in [0.717, 1.165) is 16.9 Å². The number of benzene rings is 2. The molecule has 33 heavy (non-hydrogen) atoms. The van der Waals surface area contributed by atoms with E-state index in [1.807, 2.05) is 44.2 Å². The molecule has 3 rings (SSSR count). The Morgan fingerprint density at radius 2 is 1.76 bits per heavy atom. The van der Waals surface area contributed by atoms with E-state index in [4.69, 9.17) is 9.47 Å². The number of hydrogen-bond acceptors (Lipinski definition) is 6. The number of carbonyl (C=O) groups excluding carboxylic acids is 1. The highest BCUT2D eigenvalue weighted by atomic mass is 79.9. The lowest BCUT2D eigenvalue weighted by atomic mass is 10.1. The summed E-state index contributed by atoms with van der Waals surface area (Å²) in [4.78, 5) is 13.3. The summed E-state index contributed by atoms with van der Waals surface area (Å²) in [5.74, 6) is 0.533.